The van der Waals surface area contributed by atoms with Crippen LogP contribution in [0.4, 0.5) is 30.6 Å². The number of nitrogens with zero attached hydrogens (tertiary/aromatic N) is 6. The summed E-state index contributed by atoms with van der Waals surface area (Å²) < 4.78 is 10.1. The highest BCUT2D eigenvalue weighted by atomic mass is 35.5. The molecule has 2 atom stereocenters. The van der Waals surface area contributed by atoms with E-state index in [9.17, 15) is 19.2 Å². The van der Waals surface area contributed by atoms with Crippen molar-refractivity contribution in [3.63, 3.8) is 0 Å². The molecule has 4 aromatic rings. The van der Waals surface area contributed by atoms with E-state index in [1.165, 1.54) is 10.0 Å². The highest BCUT2D eigenvalue weighted by molar-refractivity contribution is 6.31. The Labute approximate surface area is 346 Å². The molecule has 0 aliphatic carbocycles. The summed E-state index contributed by atoms with van der Waals surface area (Å²) in [5.74, 6) is 0. The molecule has 4 aliphatic rings. The molecular weight excluding hydrogens is 783 g/mol. The van der Waals surface area contributed by atoms with Crippen molar-refractivity contribution in [2.24, 2.45) is 10.2 Å². The van der Waals surface area contributed by atoms with Crippen LogP contribution in [0, 0.1) is 0 Å². The molecule has 8 rings (SSSR count). The van der Waals surface area contributed by atoms with Gasteiger partial charge in [0.05, 0.1) is 36.6 Å². The Kier molecular flexibility index (Phi) is 11.9. The van der Waals surface area contributed by atoms with Crippen LogP contribution in [0.25, 0.3) is 0 Å². The zero-order chi connectivity index (χ0) is 41.1. The van der Waals surface area contributed by atoms with Gasteiger partial charge in [-0.25, -0.2) is 29.2 Å². The van der Waals surface area contributed by atoms with E-state index >= 15 is 0 Å². The first kappa shape index (κ1) is 40.1. The first-order chi connectivity index (χ1) is 27.9. The molecule has 6 amide bonds. The molecule has 1 unspecified atom stereocenters. The predicted octanol–water partition coefficient (Wildman–Crippen LogP) is 7.27. The lowest BCUT2D eigenvalue weighted by Crippen LogP contribution is -2.41. The van der Waals surface area contributed by atoms with Crippen LogP contribution in [0.5, 0.6) is 0 Å². The van der Waals surface area contributed by atoms with E-state index in [0.717, 1.165) is 44.8 Å². The number of hydrazone groups is 2. The third-order valence-corrected chi connectivity index (χ3v) is 10.7. The Morgan fingerprint density at radius 2 is 1.00 bits per heavy atom. The quantitative estimate of drug-likeness (QED) is 0.221. The molecule has 2 N–H and O–H groups in total. The van der Waals surface area contributed by atoms with E-state index in [2.05, 4.69) is 10.6 Å². The lowest BCUT2D eigenvalue weighted by atomic mass is 9.94. The maximum absolute atomic E-state index is 12.4. The van der Waals surface area contributed by atoms with Gasteiger partial charge >= 0.3 is 24.2 Å². The number of amides is 6. The average molecular weight is 826 g/mol. The fourth-order valence-corrected chi connectivity index (χ4v) is 7.50. The largest absolute Gasteiger partial charge is 0.447 e. The number of fused-ring (bicyclic) bond motifs is 2. The van der Waals surface area contributed by atoms with Gasteiger partial charge in [-0.05, 0) is 86.3 Å². The Balaban J connectivity index is 0.000000177. The first-order valence-corrected chi connectivity index (χ1v) is 19.6. The van der Waals surface area contributed by atoms with Crippen LogP contribution in [0.3, 0.4) is 0 Å². The summed E-state index contributed by atoms with van der Waals surface area (Å²) in [7, 11) is 3.17. The number of hydrogen-bond acceptors (Lipinski definition) is 8. The van der Waals surface area contributed by atoms with Gasteiger partial charge in [-0.15, -0.1) is 0 Å². The fraction of sp³-hybridized carbons (Fsp3) is 0.286. The molecule has 4 aromatic carbocycles. The van der Waals surface area contributed by atoms with Gasteiger partial charge in [0.15, 0.2) is 0 Å². The smallest absolute Gasteiger partial charge is 0.414 e. The third kappa shape index (κ3) is 8.29. The van der Waals surface area contributed by atoms with Crippen LogP contribution >= 0.6 is 23.2 Å². The van der Waals surface area contributed by atoms with Gasteiger partial charge in [-0.3, -0.25) is 9.80 Å². The van der Waals surface area contributed by atoms with Crippen molar-refractivity contribution in [2.75, 3.05) is 50.2 Å². The van der Waals surface area contributed by atoms with Crippen molar-refractivity contribution in [1.82, 2.24) is 20.7 Å². The second-order valence-electron chi connectivity index (χ2n) is 14.0. The minimum atomic E-state index is -0.342. The molecule has 300 valence electrons. The number of cyclic esters (lactones) is 2. The highest BCUT2D eigenvalue weighted by Gasteiger charge is 2.31. The second kappa shape index (κ2) is 17.2. The van der Waals surface area contributed by atoms with Gasteiger partial charge in [-0.2, -0.15) is 10.2 Å². The van der Waals surface area contributed by atoms with Gasteiger partial charge in [0.1, 0.15) is 13.2 Å². The van der Waals surface area contributed by atoms with Crippen molar-refractivity contribution >= 4 is 70.2 Å². The molecule has 16 heteroatoms. The number of nitrogens with one attached hydrogen (secondary N) is 2. The van der Waals surface area contributed by atoms with Gasteiger partial charge in [0, 0.05) is 57.8 Å². The summed E-state index contributed by atoms with van der Waals surface area (Å²) in [5.41, 5.74) is 8.48. The first-order valence-electron chi connectivity index (χ1n) is 18.8. The lowest BCUT2D eigenvalue weighted by molar-refractivity contribution is 0.180. The fourth-order valence-electron chi connectivity index (χ4n) is 7.24. The molecule has 2 saturated heterocycles. The normalized spacial score (nSPS) is 18.7. The van der Waals surface area contributed by atoms with Crippen LogP contribution in [-0.2, 0) is 22.3 Å². The number of halogens is 2. The van der Waals surface area contributed by atoms with Crippen LogP contribution in [-0.4, -0.2) is 98.2 Å². The van der Waals surface area contributed by atoms with Gasteiger partial charge in [-0.1, -0.05) is 59.6 Å². The molecule has 0 radical (unpaired) electrons. The number of carbonyl (C=O) groups is 4. The maximum Gasteiger partial charge on any atom is 0.414 e. The van der Waals surface area contributed by atoms with E-state index in [-0.39, 0.29) is 36.3 Å². The van der Waals surface area contributed by atoms with Crippen LogP contribution in [0.15, 0.2) is 95.1 Å². The van der Waals surface area contributed by atoms with Gasteiger partial charge < -0.3 is 20.1 Å². The number of anilines is 2. The number of benzene rings is 4. The Morgan fingerprint density at radius 1 is 0.621 bits per heavy atom. The van der Waals surface area contributed by atoms with Crippen LogP contribution in [0.2, 0.25) is 10.0 Å². The molecule has 4 aliphatic heterocycles. The SMILES string of the molecule is CNC(=O)N1N=C(c2ccc(Cl)cc2)c2ccc(N3CCOC3=O)cc2CC1C.CNC(=O)N1N=C(c2ccc(Cl)cc2)c2ccc(N3CCOC3=O)cc2C[C@@H]1C. The summed E-state index contributed by atoms with van der Waals surface area (Å²) in [4.78, 5) is 52.1. The van der Waals surface area contributed by atoms with Crippen molar-refractivity contribution in [2.45, 2.75) is 38.8 Å². The monoisotopic (exact) mass is 824 g/mol. The topological polar surface area (TPSA) is 148 Å². The molecule has 0 spiro atoms. The van der Waals surface area contributed by atoms with E-state index < -0.39 is 0 Å². The lowest BCUT2D eigenvalue weighted by Gasteiger charge is -2.22. The highest BCUT2D eigenvalue weighted by Crippen LogP contribution is 2.31. The van der Waals surface area contributed by atoms with Gasteiger partial charge in [0.2, 0.25) is 0 Å². The molecular formula is C42H42Cl2N8O6. The van der Waals surface area contributed by atoms with E-state index in [1.807, 2.05) is 74.5 Å². The average Bonchev–Trinajstić information content (AvgIpc) is 3.79. The third-order valence-electron chi connectivity index (χ3n) is 10.2. The number of carbonyl (C=O) groups excluding carboxylic acids is 4. The summed E-state index contributed by atoms with van der Waals surface area (Å²) >= 11 is 12.1. The maximum atomic E-state index is 12.4. The molecule has 0 saturated carbocycles. The zero-order valence-corrected chi connectivity index (χ0v) is 33.9. The number of rotatable bonds is 4. The summed E-state index contributed by atoms with van der Waals surface area (Å²) in [6.45, 7) is 5.71. The van der Waals surface area contributed by atoms with Crippen molar-refractivity contribution in [3.8, 4) is 0 Å². The Hall–Kier alpha value is -6.12. The predicted molar refractivity (Wildman–Crippen MR) is 223 cm³/mol. The van der Waals surface area contributed by atoms with E-state index in [0.29, 0.717) is 60.6 Å². The Morgan fingerprint density at radius 3 is 1.33 bits per heavy atom. The van der Waals surface area contributed by atoms with Crippen LogP contribution < -0.4 is 20.4 Å². The minimum absolute atomic E-state index is 0.167. The summed E-state index contributed by atoms with van der Waals surface area (Å²) in [6.07, 6.45) is 0.510. The molecule has 2 fully saturated rings. The van der Waals surface area contributed by atoms with Crippen molar-refractivity contribution < 1.29 is 28.7 Å². The van der Waals surface area contributed by atoms with E-state index in [4.69, 9.17) is 42.9 Å². The van der Waals surface area contributed by atoms with Crippen molar-refractivity contribution in [3.05, 3.63) is 128 Å². The molecule has 0 bridgehead atoms. The molecule has 14 nitrogen and oxygen atoms in total. The van der Waals surface area contributed by atoms with Crippen molar-refractivity contribution in [1.29, 1.82) is 0 Å². The minimum Gasteiger partial charge on any atom is -0.447 e. The standard InChI is InChI=1S/2C21H21ClN4O3/c2*1-13-11-15-12-17(25-9-10-29-21(25)28)7-8-18(15)19(24-26(13)20(27)23-2)14-3-5-16(22)6-4-14/h2*3-8,12-13H,9-11H2,1-2H3,(H,23,27)/t13-;/m0./s1. The molecule has 4 heterocycles. The summed E-state index contributed by atoms with van der Waals surface area (Å²) in [6, 6.07) is 25.5. The molecule has 58 heavy (non-hydrogen) atoms. The summed E-state index contributed by atoms with van der Waals surface area (Å²) in [5, 5.41) is 18.9. The second-order valence-corrected chi connectivity index (χ2v) is 14.9. The zero-order valence-electron chi connectivity index (χ0n) is 32.4. The number of ether oxygens (including phenoxy) is 2. The molecule has 0 aromatic heterocycles. The number of urea groups is 2. The number of hydrogen-bond donors (Lipinski definition) is 2. The Bertz CT molecular complexity index is 2140. The van der Waals surface area contributed by atoms with Gasteiger partial charge in [0.25, 0.3) is 0 Å². The van der Waals surface area contributed by atoms with E-state index in [1.54, 1.807) is 48.2 Å². The van der Waals surface area contributed by atoms with Crippen LogP contribution in [0.1, 0.15) is 47.2 Å².